The molecule has 0 saturated heterocycles. The molecular weight excluding hydrogens is 112 g/mol. The van der Waals surface area contributed by atoms with Gasteiger partial charge in [-0.2, -0.15) is 0 Å². The minimum Gasteiger partial charge on any atom is -0.384 e. The maximum atomic E-state index is 8.04. The average molecular weight is 117 g/mol. The SMILES string of the molecule is OCC#C/C=C/Cl. The molecule has 0 aliphatic heterocycles. The Hall–Kier alpha value is -0.450. The number of aliphatic hydroxyl groups excluding tert-OH is 1. The number of hydrogen-bond donors (Lipinski definition) is 1. The van der Waals surface area contributed by atoms with Crippen LogP contribution in [0.15, 0.2) is 11.6 Å². The average Bonchev–Trinajstić information content (AvgIpc) is 1.69. The lowest BCUT2D eigenvalue weighted by molar-refractivity contribution is 0.350. The minimum atomic E-state index is -0.110. The number of hydrogen-bond acceptors (Lipinski definition) is 1. The summed E-state index contributed by atoms with van der Waals surface area (Å²) in [5.74, 6) is 4.86. The van der Waals surface area contributed by atoms with E-state index in [1.165, 1.54) is 11.6 Å². The third kappa shape index (κ3) is 5.55. The Labute approximate surface area is 47.6 Å². The first-order valence-corrected chi connectivity index (χ1v) is 2.20. The van der Waals surface area contributed by atoms with Crippen LogP contribution < -0.4 is 0 Å². The van der Waals surface area contributed by atoms with Gasteiger partial charge < -0.3 is 5.11 Å². The summed E-state index contributed by atoms with van der Waals surface area (Å²) in [6.07, 6.45) is 1.46. The van der Waals surface area contributed by atoms with Gasteiger partial charge in [-0.15, -0.1) is 0 Å². The van der Waals surface area contributed by atoms with Gasteiger partial charge in [0.25, 0.3) is 0 Å². The van der Waals surface area contributed by atoms with Crippen molar-refractivity contribution in [3.8, 4) is 11.8 Å². The second-order valence-electron chi connectivity index (χ2n) is 0.772. The van der Waals surface area contributed by atoms with E-state index in [2.05, 4.69) is 11.8 Å². The summed E-state index contributed by atoms with van der Waals surface area (Å²) in [7, 11) is 0. The molecular formula is C5H5ClO. The Balaban J connectivity index is 3.25. The van der Waals surface area contributed by atoms with Gasteiger partial charge in [-0.05, 0) is 6.08 Å². The van der Waals surface area contributed by atoms with Crippen molar-refractivity contribution in [3.05, 3.63) is 11.6 Å². The molecule has 0 atom stereocenters. The lowest BCUT2D eigenvalue weighted by Gasteiger charge is -1.63. The maximum absolute atomic E-state index is 8.04. The van der Waals surface area contributed by atoms with Gasteiger partial charge in [-0.3, -0.25) is 0 Å². The Bertz CT molecular complexity index is 107. The van der Waals surface area contributed by atoms with E-state index in [1.807, 2.05) is 0 Å². The van der Waals surface area contributed by atoms with Crippen molar-refractivity contribution >= 4 is 11.6 Å². The fourth-order valence-electron chi connectivity index (χ4n) is 0.136. The van der Waals surface area contributed by atoms with E-state index < -0.39 is 0 Å². The van der Waals surface area contributed by atoms with E-state index in [9.17, 15) is 0 Å². The molecule has 0 unspecified atom stereocenters. The minimum absolute atomic E-state index is 0.110. The fourth-order valence-corrected chi connectivity index (χ4v) is 0.199. The van der Waals surface area contributed by atoms with Crippen LogP contribution in [0.25, 0.3) is 0 Å². The Morgan fingerprint density at radius 3 is 2.86 bits per heavy atom. The van der Waals surface area contributed by atoms with Crippen molar-refractivity contribution in [2.45, 2.75) is 0 Å². The molecule has 0 bridgehead atoms. The lowest BCUT2D eigenvalue weighted by atomic mass is 10.6. The van der Waals surface area contributed by atoms with E-state index in [0.717, 1.165) is 0 Å². The summed E-state index contributed by atoms with van der Waals surface area (Å²) < 4.78 is 0. The van der Waals surface area contributed by atoms with Crippen LogP contribution in [-0.2, 0) is 0 Å². The molecule has 7 heavy (non-hydrogen) atoms. The van der Waals surface area contributed by atoms with E-state index in [1.54, 1.807) is 0 Å². The molecule has 38 valence electrons. The van der Waals surface area contributed by atoms with Crippen molar-refractivity contribution < 1.29 is 5.11 Å². The van der Waals surface area contributed by atoms with Gasteiger partial charge in [0, 0.05) is 5.54 Å². The Kier molecular flexibility index (Phi) is 5.19. The predicted octanol–water partition coefficient (Wildman–Crippen LogP) is 0.735. The van der Waals surface area contributed by atoms with Crippen LogP contribution in [0.3, 0.4) is 0 Å². The van der Waals surface area contributed by atoms with Crippen LogP contribution in [-0.4, -0.2) is 11.7 Å². The van der Waals surface area contributed by atoms with Crippen molar-refractivity contribution in [1.29, 1.82) is 0 Å². The maximum Gasteiger partial charge on any atom is 0.104 e. The van der Waals surface area contributed by atoms with Crippen molar-refractivity contribution in [3.63, 3.8) is 0 Å². The molecule has 0 aliphatic carbocycles. The number of allylic oxidation sites excluding steroid dienone is 1. The van der Waals surface area contributed by atoms with Crippen LogP contribution in [0.5, 0.6) is 0 Å². The first-order chi connectivity index (χ1) is 3.41. The zero-order valence-corrected chi connectivity index (χ0v) is 4.44. The molecule has 0 spiro atoms. The predicted molar refractivity (Wildman–Crippen MR) is 29.9 cm³/mol. The second-order valence-corrected chi connectivity index (χ2v) is 1.02. The summed E-state index contributed by atoms with van der Waals surface area (Å²) in [4.78, 5) is 0. The Morgan fingerprint density at radius 1 is 1.71 bits per heavy atom. The quantitative estimate of drug-likeness (QED) is 0.463. The highest BCUT2D eigenvalue weighted by atomic mass is 35.5. The lowest BCUT2D eigenvalue weighted by Crippen LogP contribution is -1.67. The van der Waals surface area contributed by atoms with Crippen molar-refractivity contribution in [2.24, 2.45) is 0 Å². The van der Waals surface area contributed by atoms with Crippen molar-refractivity contribution in [2.75, 3.05) is 6.61 Å². The molecule has 0 aromatic carbocycles. The molecule has 2 heteroatoms. The fraction of sp³-hybridized carbons (Fsp3) is 0.200. The second kappa shape index (κ2) is 5.55. The first kappa shape index (κ1) is 6.55. The number of rotatable bonds is 0. The van der Waals surface area contributed by atoms with E-state index >= 15 is 0 Å². The molecule has 0 aromatic heterocycles. The number of halogens is 1. The third-order valence-corrected chi connectivity index (χ3v) is 0.453. The van der Waals surface area contributed by atoms with E-state index in [4.69, 9.17) is 16.7 Å². The van der Waals surface area contributed by atoms with Gasteiger partial charge in [0.2, 0.25) is 0 Å². The summed E-state index contributed by atoms with van der Waals surface area (Å²) in [6.45, 7) is -0.110. The molecule has 0 aliphatic rings. The van der Waals surface area contributed by atoms with Crippen LogP contribution in [0.4, 0.5) is 0 Å². The smallest absolute Gasteiger partial charge is 0.104 e. The van der Waals surface area contributed by atoms with Gasteiger partial charge in [0.15, 0.2) is 0 Å². The van der Waals surface area contributed by atoms with Crippen LogP contribution in [0.2, 0.25) is 0 Å². The van der Waals surface area contributed by atoms with Crippen LogP contribution >= 0.6 is 11.6 Å². The molecule has 1 nitrogen and oxygen atoms in total. The Morgan fingerprint density at radius 2 is 2.43 bits per heavy atom. The summed E-state index contributed by atoms with van der Waals surface area (Å²) >= 11 is 5.07. The topological polar surface area (TPSA) is 20.2 Å². The highest BCUT2D eigenvalue weighted by Crippen LogP contribution is 1.72. The normalized spacial score (nSPS) is 8.29. The standard InChI is InChI=1S/C5H5ClO/c6-4-2-1-3-5-7/h2,4,7H,5H2/b4-2+. The molecule has 1 N–H and O–H groups in total. The molecule has 0 heterocycles. The van der Waals surface area contributed by atoms with Gasteiger partial charge in [0.05, 0.1) is 0 Å². The summed E-state index contributed by atoms with van der Waals surface area (Å²) in [5.41, 5.74) is 1.29. The first-order valence-electron chi connectivity index (χ1n) is 1.76. The molecule has 0 aromatic rings. The largest absolute Gasteiger partial charge is 0.384 e. The van der Waals surface area contributed by atoms with Gasteiger partial charge in [-0.25, -0.2) is 0 Å². The molecule has 0 saturated carbocycles. The van der Waals surface area contributed by atoms with E-state index in [0.29, 0.717) is 0 Å². The van der Waals surface area contributed by atoms with Gasteiger partial charge >= 0.3 is 0 Å². The van der Waals surface area contributed by atoms with Gasteiger partial charge in [-0.1, -0.05) is 23.4 Å². The zero-order valence-electron chi connectivity index (χ0n) is 3.69. The van der Waals surface area contributed by atoms with Crippen LogP contribution in [0.1, 0.15) is 0 Å². The van der Waals surface area contributed by atoms with Crippen molar-refractivity contribution in [1.82, 2.24) is 0 Å². The van der Waals surface area contributed by atoms with Gasteiger partial charge in [0.1, 0.15) is 6.61 Å². The monoisotopic (exact) mass is 116 g/mol. The molecule has 0 radical (unpaired) electrons. The molecule has 0 rings (SSSR count). The summed E-state index contributed by atoms with van der Waals surface area (Å²) in [6, 6.07) is 0. The number of aliphatic hydroxyl groups is 1. The summed E-state index contributed by atoms with van der Waals surface area (Å²) in [5, 5.41) is 8.04. The molecule has 0 fully saturated rings. The third-order valence-electron chi connectivity index (χ3n) is 0.327. The highest BCUT2D eigenvalue weighted by molar-refractivity contribution is 6.25. The van der Waals surface area contributed by atoms with E-state index in [-0.39, 0.29) is 6.61 Å². The highest BCUT2D eigenvalue weighted by Gasteiger charge is 1.55. The molecule has 0 amide bonds. The zero-order chi connectivity index (χ0) is 5.54. The van der Waals surface area contributed by atoms with Crippen LogP contribution in [0, 0.1) is 11.8 Å².